The summed E-state index contributed by atoms with van der Waals surface area (Å²) >= 11 is 0. The number of likely N-dealkylation sites (N-methyl/N-ethyl adjacent to an activating group) is 1. The maximum Gasteiger partial charge on any atom is 0.306 e. The van der Waals surface area contributed by atoms with Crippen molar-refractivity contribution >= 4 is 13.8 Å². The number of ether oxygens (including phenoxy) is 2. The smallest absolute Gasteiger partial charge is 0.306 e. The zero-order valence-electron chi connectivity index (χ0n) is 44.7. The van der Waals surface area contributed by atoms with Crippen LogP contribution < -0.4 is 4.89 Å². The van der Waals surface area contributed by atoms with Gasteiger partial charge in [-0.15, -0.1) is 0 Å². The molecule has 0 saturated heterocycles. The van der Waals surface area contributed by atoms with Crippen LogP contribution in [-0.2, 0) is 27.9 Å². The van der Waals surface area contributed by atoms with E-state index in [0.717, 1.165) is 32.1 Å². The summed E-state index contributed by atoms with van der Waals surface area (Å²) in [5.41, 5.74) is 0. The first kappa shape index (κ1) is 65.0. The number of nitrogens with zero attached hydrogens (tertiary/aromatic N) is 1. The third-order valence-electron chi connectivity index (χ3n) is 12.7. The minimum Gasteiger partial charge on any atom is -0.756 e. The van der Waals surface area contributed by atoms with Gasteiger partial charge in [0.25, 0.3) is 7.82 Å². The lowest BCUT2D eigenvalue weighted by Gasteiger charge is -2.28. The van der Waals surface area contributed by atoms with E-state index in [2.05, 4.69) is 38.2 Å². The molecule has 0 spiro atoms. The summed E-state index contributed by atoms with van der Waals surface area (Å²) in [4.78, 5) is 25.2. The molecule has 2 atom stereocenters. The van der Waals surface area contributed by atoms with Crippen LogP contribution in [0.1, 0.15) is 277 Å². The Morgan fingerprint density at radius 3 is 1.15 bits per heavy atom. The molecule has 0 aliphatic heterocycles. The molecule has 392 valence electrons. The summed E-state index contributed by atoms with van der Waals surface area (Å²) < 4.78 is 34.8. The molecular weight excluding hydrogens is 842 g/mol. The van der Waals surface area contributed by atoms with E-state index in [4.69, 9.17) is 18.5 Å². The second-order valence-electron chi connectivity index (χ2n) is 20.6. The molecule has 9 heteroatoms. The SMILES string of the molecule is CCCCCCCCC/C=C\CCCCCCCCCCOCC(COP(=O)([O-])OCC[N+](C)(C)C)OC(=O)CCCCCCCCCCCCCCC/C=C\CCCCCCCCCC. The molecule has 0 fully saturated rings. The minimum absolute atomic E-state index is 0.0277. The number of quaternary nitrogens is 1. The molecular formula is C57H112NO7P. The van der Waals surface area contributed by atoms with Crippen molar-refractivity contribution < 1.29 is 37.3 Å². The summed E-state index contributed by atoms with van der Waals surface area (Å²) in [7, 11) is 1.37. The van der Waals surface area contributed by atoms with Crippen LogP contribution >= 0.6 is 7.82 Å². The zero-order valence-corrected chi connectivity index (χ0v) is 45.6. The molecule has 0 rings (SSSR count). The highest BCUT2D eigenvalue weighted by Crippen LogP contribution is 2.38. The van der Waals surface area contributed by atoms with Gasteiger partial charge in [-0.05, 0) is 64.2 Å². The van der Waals surface area contributed by atoms with E-state index in [1.165, 1.54) is 225 Å². The summed E-state index contributed by atoms with van der Waals surface area (Å²) in [5.74, 6) is -0.330. The van der Waals surface area contributed by atoms with Crippen molar-refractivity contribution in [1.82, 2.24) is 0 Å². The van der Waals surface area contributed by atoms with Crippen LogP contribution in [0.4, 0.5) is 0 Å². The summed E-state index contributed by atoms with van der Waals surface area (Å²) in [6.45, 7) is 5.46. The highest BCUT2D eigenvalue weighted by atomic mass is 31.2. The number of hydrogen-bond acceptors (Lipinski definition) is 7. The summed E-state index contributed by atoms with van der Waals surface area (Å²) in [6, 6.07) is 0. The van der Waals surface area contributed by atoms with E-state index in [1.807, 2.05) is 21.1 Å². The van der Waals surface area contributed by atoms with Gasteiger partial charge in [0.1, 0.15) is 19.3 Å². The molecule has 0 heterocycles. The lowest BCUT2D eigenvalue weighted by atomic mass is 10.0. The van der Waals surface area contributed by atoms with E-state index in [0.29, 0.717) is 24.1 Å². The van der Waals surface area contributed by atoms with E-state index in [-0.39, 0.29) is 25.8 Å². The van der Waals surface area contributed by atoms with Gasteiger partial charge in [0.05, 0.1) is 34.4 Å². The Morgan fingerprint density at radius 1 is 0.455 bits per heavy atom. The number of carbonyl (C=O) groups excluding carboxylic acids is 1. The molecule has 0 amide bonds. The Bertz CT molecular complexity index is 1110. The van der Waals surface area contributed by atoms with E-state index >= 15 is 0 Å². The number of hydrogen-bond donors (Lipinski definition) is 0. The summed E-state index contributed by atoms with van der Waals surface area (Å²) in [5, 5.41) is 0. The van der Waals surface area contributed by atoms with Crippen molar-refractivity contribution in [2.75, 3.05) is 54.1 Å². The van der Waals surface area contributed by atoms with Crippen molar-refractivity contribution in [2.45, 2.75) is 283 Å². The molecule has 0 aromatic rings. The molecule has 0 bridgehead atoms. The van der Waals surface area contributed by atoms with Crippen molar-refractivity contribution in [2.24, 2.45) is 0 Å². The highest BCUT2D eigenvalue weighted by Gasteiger charge is 2.20. The normalized spacial score (nSPS) is 13.6. The number of esters is 1. The fraction of sp³-hybridized carbons (Fsp3) is 0.912. The maximum atomic E-state index is 12.8. The van der Waals surface area contributed by atoms with Crippen molar-refractivity contribution in [3.05, 3.63) is 24.3 Å². The van der Waals surface area contributed by atoms with Gasteiger partial charge >= 0.3 is 5.97 Å². The Balaban J connectivity index is 4.04. The van der Waals surface area contributed by atoms with Crippen LogP contribution in [0.5, 0.6) is 0 Å². The number of carbonyl (C=O) groups is 1. The van der Waals surface area contributed by atoms with Gasteiger partial charge in [-0.3, -0.25) is 9.36 Å². The number of phosphoric ester groups is 1. The Labute approximate surface area is 411 Å². The Kier molecular flexibility index (Phi) is 49.6. The molecule has 0 aliphatic rings. The molecule has 0 aliphatic carbocycles. The average molecular weight is 954 g/mol. The molecule has 2 unspecified atom stereocenters. The molecule has 8 nitrogen and oxygen atoms in total. The monoisotopic (exact) mass is 954 g/mol. The molecule has 0 radical (unpaired) electrons. The average Bonchev–Trinajstić information content (AvgIpc) is 3.28. The van der Waals surface area contributed by atoms with Gasteiger partial charge < -0.3 is 27.9 Å². The lowest BCUT2D eigenvalue weighted by Crippen LogP contribution is -2.37. The first-order chi connectivity index (χ1) is 32.1. The molecule has 0 N–H and O–H groups in total. The van der Waals surface area contributed by atoms with Crippen LogP contribution in [0.2, 0.25) is 0 Å². The van der Waals surface area contributed by atoms with Crippen LogP contribution in [0, 0.1) is 0 Å². The maximum absolute atomic E-state index is 12.8. The third kappa shape index (κ3) is 53.9. The van der Waals surface area contributed by atoms with E-state index < -0.39 is 13.9 Å². The second kappa shape index (κ2) is 50.4. The van der Waals surface area contributed by atoms with Crippen LogP contribution in [-0.4, -0.2) is 70.7 Å². The predicted molar refractivity (Wildman–Crippen MR) is 282 cm³/mol. The van der Waals surface area contributed by atoms with Gasteiger partial charge in [-0.1, -0.05) is 231 Å². The van der Waals surface area contributed by atoms with Gasteiger partial charge in [0.2, 0.25) is 0 Å². The molecule has 66 heavy (non-hydrogen) atoms. The fourth-order valence-corrected chi connectivity index (χ4v) is 9.03. The first-order valence-electron chi connectivity index (χ1n) is 28.6. The summed E-state index contributed by atoms with van der Waals surface area (Å²) in [6.07, 6.45) is 60.7. The second-order valence-corrected chi connectivity index (χ2v) is 22.1. The highest BCUT2D eigenvalue weighted by molar-refractivity contribution is 7.45. The predicted octanol–water partition coefficient (Wildman–Crippen LogP) is 17.3. The first-order valence-corrected chi connectivity index (χ1v) is 30.0. The van der Waals surface area contributed by atoms with Crippen LogP contribution in [0.25, 0.3) is 0 Å². The number of phosphoric acid groups is 1. The van der Waals surface area contributed by atoms with E-state index in [9.17, 15) is 14.3 Å². The minimum atomic E-state index is -4.53. The molecule has 0 aromatic carbocycles. The molecule has 0 aromatic heterocycles. The largest absolute Gasteiger partial charge is 0.756 e. The number of unbranched alkanes of at least 4 members (excludes halogenated alkanes) is 36. The number of allylic oxidation sites excluding steroid dienone is 4. The van der Waals surface area contributed by atoms with Gasteiger partial charge in [0, 0.05) is 13.0 Å². The van der Waals surface area contributed by atoms with Crippen LogP contribution in [0.3, 0.4) is 0 Å². The fourth-order valence-electron chi connectivity index (χ4n) is 8.30. The van der Waals surface area contributed by atoms with Crippen molar-refractivity contribution in [1.29, 1.82) is 0 Å². The van der Waals surface area contributed by atoms with Crippen LogP contribution in [0.15, 0.2) is 24.3 Å². The number of rotatable bonds is 54. The van der Waals surface area contributed by atoms with Gasteiger partial charge in [0.15, 0.2) is 0 Å². The van der Waals surface area contributed by atoms with Crippen molar-refractivity contribution in [3.63, 3.8) is 0 Å². The molecule has 0 saturated carbocycles. The van der Waals surface area contributed by atoms with Crippen molar-refractivity contribution in [3.8, 4) is 0 Å². The third-order valence-corrected chi connectivity index (χ3v) is 13.7. The van der Waals surface area contributed by atoms with E-state index in [1.54, 1.807) is 0 Å². The Hall–Kier alpha value is -1.02. The lowest BCUT2D eigenvalue weighted by molar-refractivity contribution is -0.870. The standard InChI is InChI=1S/C57H112NO7P/c1-6-8-10-12-14-16-18-20-22-24-26-27-28-29-30-31-32-34-36-38-40-42-44-46-48-50-57(59)65-56(55-64-66(60,61)63-53-51-58(3,4)5)54-62-52-49-47-45-43-41-39-37-35-33-25-23-21-19-17-15-13-11-9-7-2/h23-26,56H,6-22,27-55H2,1-5H3/b25-23-,26-24-. The zero-order chi connectivity index (χ0) is 48.3. The quantitative estimate of drug-likeness (QED) is 0.0197. The topological polar surface area (TPSA) is 94.1 Å². The Morgan fingerprint density at radius 2 is 0.788 bits per heavy atom. The van der Waals surface area contributed by atoms with Gasteiger partial charge in [-0.2, -0.15) is 0 Å². The van der Waals surface area contributed by atoms with Gasteiger partial charge in [-0.25, -0.2) is 0 Å².